The Morgan fingerprint density at radius 1 is 1.13 bits per heavy atom. The van der Waals surface area contributed by atoms with Crippen molar-refractivity contribution in [2.75, 3.05) is 5.32 Å². The molecular formula is C24H18ClIN2O2. The van der Waals surface area contributed by atoms with Crippen LogP contribution < -0.4 is 10.1 Å². The first-order chi connectivity index (χ1) is 14.4. The van der Waals surface area contributed by atoms with Crippen LogP contribution in [0.4, 0.5) is 5.69 Å². The average molecular weight is 529 g/mol. The van der Waals surface area contributed by atoms with Gasteiger partial charge in [-0.1, -0.05) is 41.9 Å². The molecule has 6 heteroatoms. The second-order valence-electron chi connectivity index (χ2n) is 6.57. The summed E-state index contributed by atoms with van der Waals surface area (Å²) in [4.78, 5) is 12.4. The number of nitrogens with one attached hydrogen (secondary N) is 1. The van der Waals surface area contributed by atoms with Crippen LogP contribution in [0, 0.1) is 21.8 Å². The first kappa shape index (κ1) is 21.9. The Morgan fingerprint density at radius 2 is 1.83 bits per heavy atom. The summed E-state index contributed by atoms with van der Waals surface area (Å²) < 4.78 is 6.96. The number of hydrogen-bond acceptors (Lipinski definition) is 3. The van der Waals surface area contributed by atoms with Gasteiger partial charge in [0.2, 0.25) is 0 Å². The van der Waals surface area contributed by atoms with E-state index in [1.165, 1.54) is 9.65 Å². The van der Waals surface area contributed by atoms with Crippen molar-refractivity contribution in [1.29, 1.82) is 5.26 Å². The normalized spacial score (nSPS) is 10.9. The highest BCUT2D eigenvalue weighted by atomic mass is 127. The van der Waals surface area contributed by atoms with Crippen molar-refractivity contribution in [3.05, 3.63) is 97.6 Å². The van der Waals surface area contributed by atoms with Crippen molar-refractivity contribution >= 4 is 51.9 Å². The highest BCUT2D eigenvalue weighted by Crippen LogP contribution is 2.21. The minimum absolute atomic E-state index is 0.000690. The molecule has 3 aromatic carbocycles. The van der Waals surface area contributed by atoms with E-state index in [-0.39, 0.29) is 5.57 Å². The van der Waals surface area contributed by atoms with Crippen LogP contribution in [-0.4, -0.2) is 5.91 Å². The van der Waals surface area contributed by atoms with Gasteiger partial charge in [0.05, 0.1) is 0 Å². The van der Waals surface area contributed by atoms with E-state index >= 15 is 0 Å². The molecule has 0 fully saturated rings. The van der Waals surface area contributed by atoms with Crippen molar-refractivity contribution in [3.8, 4) is 11.8 Å². The van der Waals surface area contributed by atoms with E-state index < -0.39 is 5.91 Å². The summed E-state index contributed by atoms with van der Waals surface area (Å²) in [6.45, 7) is 2.35. The lowest BCUT2D eigenvalue weighted by Gasteiger charge is -2.08. The number of nitriles is 1. The number of aryl methyl sites for hydroxylation is 1. The molecule has 0 heterocycles. The Balaban J connectivity index is 1.64. The number of amides is 1. The number of benzene rings is 3. The Morgan fingerprint density at radius 3 is 2.47 bits per heavy atom. The minimum atomic E-state index is -0.489. The zero-order valence-corrected chi connectivity index (χ0v) is 19.1. The maximum Gasteiger partial charge on any atom is 0.266 e. The summed E-state index contributed by atoms with van der Waals surface area (Å²) in [6.07, 6.45) is 1.54. The molecule has 0 spiro atoms. The van der Waals surface area contributed by atoms with Gasteiger partial charge >= 0.3 is 0 Å². The molecule has 0 saturated carbocycles. The smallest absolute Gasteiger partial charge is 0.266 e. The van der Waals surface area contributed by atoms with Gasteiger partial charge in [-0.15, -0.1) is 0 Å². The molecule has 150 valence electrons. The van der Waals surface area contributed by atoms with Gasteiger partial charge in [-0.3, -0.25) is 4.79 Å². The third-order valence-corrected chi connectivity index (χ3v) is 5.43. The summed E-state index contributed by atoms with van der Waals surface area (Å²) in [5, 5.41) is 12.6. The van der Waals surface area contributed by atoms with E-state index in [0.717, 1.165) is 16.7 Å². The fourth-order valence-corrected chi connectivity index (χ4v) is 3.13. The van der Waals surface area contributed by atoms with Crippen LogP contribution >= 0.6 is 34.2 Å². The maximum atomic E-state index is 12.4. The van der Waals surface area contributed by atoms with Crippen molar-refractivity contribution in [1.82, 2.24) is 0 Å². The van der Waals surface area contributed by atoms with Gasteiger partial charge in [0.15, 0.2) is 0 Å². The summed E-state index contributed by atoms with van der Waals surface area (Å²) in [7, 11) is 0. The number of rotatable bonds is 6. The van der Waals surface area contributed by atoms with Gasteiger partial charge in [-0.05, 0) is 88.7 Å². The topological polar surface area (TPSA) is 62.1 Å². The second-order valence-corrected chi connectivity index (χ2v) is 8.22. The highest BCUT2D eigenvalue weighted by molar-refractivity contribution is 14.1. The van der Waals surface area contributed by atoms with Gasteiger partial charge in [-0.25, -0.2) is 0 Å². The lowest BCUT2D eigenvalue weighted by Crippen LogP contribution is -2.13. The lowest BCUT2D eigenvalue weighted by molar-refractivity contribution is -0.112. The number of nitrogens with zero attached hydrogens (tertiary/aromatic N) is 1. The molecule has 3 rings (SSSR count). The first-order valence-corrected chi connectivity index (χ1v) is 10.6. The fraction of sp³-hybridized carbons (Fsp3) is 0.0833. The SMILES string of the molecule is Cc1ccc(NC(=O)/C(C#N)=C\c2ccc(OCc3ccc(I)cc3)cc2)cc1Cl. The third kappa shape index (κ3) is 6.09. The fourth-order valence-electron chi connectivity index (χ4n) is 2.59. The zero-order valence-electron chi connectivity index (χ0n) is 16.2. The standard InChI is InChI=1S/C24H18ClIN2O2/c1-16-2-9-21(13-23(16)25)28-24(29)19(14-27)12-17-5-10-22(11-6-17)30-15-18-3-7-20(26)8-4-18/h2-13H,15H2,1H3,(H,28,29)/b19-12-. The van der Waals surface area contributed by atoms with Crippen molar-refractivity contribution in [2.24, 2.45) is 0 Å². The van der Waals surface area contributed by atoms with Gasteiger partial charge in [0.1, 0.15) is 24.0 Å². The molecule has 0 aromatic heterocycles. The summed E-state index contributed by atoms with van der Waals surface area (Å²) in [5.41, 5.74) is 3.26. The summed E-state index contributed by atoms with van der Waals surface area (Å²) in [6, 6.07) is 22.5. The molecule has 0 saturated heterocycles. The summed E-state index contributed by atoms with van der Waals surface area (Å²) >= 11 is 8.35. The Kier molecular flexibility index (Phi) is 7.50. The van der Waals surface area contributed by atoms with E-state index in [1.807, 2.05) is 55.5 Å². The molecule has 0 atom stereocenters. The van der Waals surface area contributed by atoms with Crippen molar-refractivity contribution in [2.45, 2.75) is 13.5 Å². The number of halogens is 2. The Hall–Kier alpha value is -2.82. The number of ether oxygens (including phenoxy) is 1. The van der Waals surface area contributed by atoms with E-state index in [1.54, 1.807) is 24.3 Å². The molecule has 0 aliphatic heterocycles. The molecule has 1 N–H and O–H groups in total. The van der Waals surface area contributed by atoms with Gasteiger partial charge < -0.3 is 10.1 Å². The van der Waals surface area contributed by atoms with Crippen molar-refractivity contribution < 1.29 is 9.53 Å². The molecule has 0 aliphatic carbocycles. The van der Waals surface area contributed by atoms with Gasteiger partial charge in [0.25, 0.3) is 5.91 Å². The van der Waals surface area contributed by atoms with Crippen LogP contribution in [-0.2, 0) is 11.4 Å². The van der Waals surface area contributed by atoms with Crippen LogP contribution in [0.25, 0.3) is 6.08 Å². The van der Waals surface area contributed by atoms with Crippen LogP contribution in [0.3, 0.4) is 0 Å². The Bertz CT molecular complexity index is 1120. The molecule has 0 bridgehead atoms. The van der Waals surface area contributed by atoms with E-state index in [4.69, 9.17) is 16.3 Å². The molecule has 30 heavy (non-hydrogen) atoms. The van der Waals surface area contributed by atoms with Crippen LogP contribution in [0.2, 0.25) is 5.02 Å². The van der Waals surface area contributed by atoms with Crippen LogP contribution in [0.5, 0.6) is 5.75 Å². The van der Waals surface area contributed by atoms with Crippen LogP contribution in [0.1, 0.15) is 16.7 Å². The second kappa shape index (κ2) is 10.3. The summed E-state index contributed by atoms with van der Waals surface area (Å²) in [5.74, 6) is 0.222. The number of carbonyl (C=O) groups excluding carboxylic acids is 1. The predicted molar refractivity (Wildman–Crippen MR) is 128 cm³/mol. The minimum Gasteiger partial charge on any atom is -0.489 e. The molecular weight excluding hydrogens is 511 g/mol. The number of anilines is 1. The van der Waals surface area contributed by atoms with Gasteiger partial charge in [-0.2, -0.15) is 5.26 Å². The molecule has 0 radical (unpaired) electrons. The van der Waals surface area contributed by atoms with E-state index in [0.29, 0.717) is 23.1 Å². The zero-order chi connectivity index (χ0) is 21.5. The highest BCUT2D eigenvalue weighted by Gasteiger charge is 2.10. The quantitative estimate of drug-likeness (QED) is 0.229. The number of hydrogen-bond donors (Lipinski definition) is 1. The van der Waals surface area contributed by atoms with Gasteiger partial charge in [0, 0.05) is 14.3 Å². The lowest BCUT2D eigenvalue weighted by atomic mass is 10.1. The Labute approximate surface area is 194 Å². The van der Waals surface area contributed by atoms with E-state index in [2.05, 4.69) is 27.9 Å². The molecule has 4 nitrogen and oxygen atoms in total. The van der Waals surface area contributed by atoms with Crippen molar-refractivity contribution in [3.63, 3.8) is 0 Å². The third-order valence-electron chi connectivity index (χ3n) is 4.30. The largest absolute Gasteiger partial charge is 0.489 e. The average Bonchev–Trinajstić information content (AvgIpc) is 2.75. The molecule has 1 amide bonds. The molecule has 0 unspecified atom stereocenters. The first-order valence-electron chi connectivity index (χ1n) is 9.11. The van der Waals surface area contributed by atoms with E-state index in [9.17, 15) is 10.1 Å². The predicted octanol–water partition coefficient (Wildman–Crippen LogP) is 6.38. The molecule has 3 aromatic rings. The van der Waals surface area contributed by atoms with Crippen LogP contribution in [0.15, 0.2) is 72.3 Å². The molecule has 0 aliphatic rings. The maximum absolute atomic E-state index is 12.4. The number of carbonyl (C=O) groups is 1. The monoisotopic (exact) mass is 528 g/mol.